The number of hydrogen-bond donors (Lipinski definition) is 0. The van der Waals surface area contributed by atoms with Crippen LogP contribution in [-0.2, 0) is 16.5 Å². The van der Waals surface area contributed by atoms with E-state index in [0.29, 0.717) is 0 Å². The third-order valence-electron chi connectivity index (χ3n) is 2.48. The number of thiazole rings is 1. The Hall–Kier alpha value is 0.0300. The quantitative estimate of drug-likeness (QED) is 0.792. The number of alkyl halides is 1. The highest BCUT2D eigenvalue weighted by Gasteiger charge is 2.10. The molecule has 0 N–H and O–H groups in total. The number of rotatable bonds is 4. The largest absolute Gasteiger partial charge is 0.379 e. The molecule has 3 nitrogen and oxygen atoms in total. The molecule has 0 saturated carbocycles. The van der Waals surface area contributed by atoms with Crippen LogP contribution in [0.2, 0.25) is 0 Å². The van der Waals surface area contributed by atoms with Crippen molar-refractivity contribution >= 4 is 27.3 Å². The fourth-order valence-electron chi connectivity index (χ4n) is 1.60. The van der Waals surface area contributed by atoms with Gasteiger partial charge in [0.25, 0.3) is 0 Å². The van der Waals surface area contributed by atoms with Crippen LogP contribution in [0.5, 0.6) is 0 Å². The van der Waals surface area contributed by atoms with E-state index in [9.17, 15) is 0 Å². The molecule has 1 aliphatic heterocycles. The summed E-state index contributed by atoms with van der Waals surface area (Å²) in [7, 11) is 0. The summed E-state index contributed by atoms with van der Waals surface area (Å²) in [5, 5.41) is 2.17. The third kappa shape index (κ3) is 3.52. The topological polar surface area (TPSA) is 25.4 Å². The lowest BCUT2D eigenvalue weighted by Crippen LogP contribution is -2.37. The molecule has 2 heterocycles. The fourth-order valence-corrected chi connectivity index (χ4v) is 2.85. The number of hydrogen-bond acceptors (Lipinski definition) is 4. The highest BCUT2D eigenvalue weighted by Crippen LogP contribution is 2.16. The highest BCUT2D eigenvalue weighted by molar-refractivity contribution is 9.08. The average Bonchev–Trinajstić information content (AvgIpc) is 2.76. The molecule has 0 radical (unpaired) electrons. The second kappa shape index (κ2) is 5.94. The molecule has 15 heavy (non-hydrogen) atoms. The zero-order chi connectivity index (χ0) is 10.5. The van der Waals surface area contributed by atoms with Gasteiger partial charge < -0.3 is 4.74 Å². The minimum Gasteiger partial charge on any atom is -0.379 e. The molecule has 2 rings (SSSR count). The second-order valence-corrected chi connectivity index (χ2v) is 5.32. The molecule has 1 aromatic heterocycles. The van der Waals surface area contributed by atoms with Crippen molar-refractivity contribution in [3.8, 4) is 0 Å². The summed E-state index contributed by atoms with van der Waals surface area (Å²) in [5.41, 5.74) is 0. The molecule has 0 amide bonds. The van der Waals surface area contributed by atoms with Crippen molar-refractivity contribution in [3.05, 3.63) is 16.1 Å². The summed E-state index contributed by atoms with van der Waals surface area (Å²) >= 11 is 5.25. The lowest BCUT2D eigenvalue weighted by atomic mass is 10.3. The predicted octanol–water partition coefficient (Wildman–Crippen LogP) is 1.91. The maximum Gasteiger partial charge on any atom is 0.0940 e. The first-order valence-electron chi connectivity index (χ1n) is 5.18. The molecule has 84 valence electrons. The van der Waals surface area contributed by atoms with Crippen molar-refractivity contribution < 1.29 is 4.74 Å². The zero-order valence-corrected chi connectivity index (χ0v) is 11.0. The second-order valence-electron chi connectivity index (χ2n) is 3.56. The molecule has 5 heteroatoms. The van der Waals surface area contributed by atoms with E-state index in [1.54, 1.807) is 11.3 Å². The molecule has 1 fully saturated rings. The van der Waals surface area contributed by atoms with Gasteiger partial charge in [0.15, 0.2) is 0 Å². The van der Waals surface area contributed by atoms with Gasteiger partial charge in [0.2, 0.25) is 0 Å². The van der Waals surface area contributed by atoms with Gasteiger partial charge >= 0.3 is 0 Å². The lowest BCUT2D eigenvalue weighted by Gasteiger charge is -2.25. The van der Waals surface area contributed by atoms with E-state index in [2.05, 4.69) is 25.8 Å². The number of nitrogens with zero attached hydrogens (tertiary/aromatic N) is 2. The molecule has 0 aromatic carbocycles. The van der Waals surface area contributed by atoms with Crippen molar-refractivity contribution in [2.24, 2.45) is 0 Å². The minimum absolute atomic E-state index is 0.879. The van der Waals surface area contributed by atoms with E-state index in [-0.39, 0.29) is 0 Å². The van der Waals surface area contributed by atoms with E-state index < -0.39 is 0 Å². The monoisotopic (exact) mass is 290 g/mol. The van der Waals surface area contributed by atoms with E-state index in [4.69, 9.17) is 4.74 Å². The van der Waals surface area contributed by atoms with Gasteiger partial charge in [0, 0.05) is 42.5 Å². The fraction of sp³-hybridized carbons (Fsp3) is 0.700. The van der Waals surface area contributed by atoms with Gasteiger partial charge in [-0.25, -0.2) is 4.98 Å². The van der Waals surface area contributed by atoms with E-state index in [1.807, 2.05) is 6.20 Å². The maximum atomic E-state index is 5.31. The molecule has 0 unspecified atom stereocenters. The summed E-state index contributed by atoms with van der Waals surface area (Å²) in [4.78, 5) is 8.16. The molecule has 0 aliphatic carbocycles. The maximum absolute atomic E-state index is 5.31. The van der Waals surface area contributed by atoms with Crippen LogP contribution in [0.1, 0.15) is 9.88 Å². The SMILES string of the molecule is BrCc1cnc(CCN2CCOCC2)s1. The lowest BCUT2D eigenvalue weighted by molar-refractivity contribution is 0.0384. The molecular formula is C10H15BrN2OS. The Labute approximate surface area is 103 Å². The number of morpholine rings is 1. The Kier molecular flexibility index (Phi) is 4.56. The Morgan fingerprint density at radius 2 is 2.27 bits per heavy atom. The van der Waals surface area contributed by atoms with Crippen LogP contribution in [0.25, 0.3) is 0 Å². The van der Waals surface area contributed by atoms with Crippen molar-refractivity contribution in [2.75, 3.05) is 32.8 Å². The first kappa shape index (κ1) is 11.5. The number of halogens is 1. The van der Waals surface area contributed by atoms with Crippen molar-refractivity contribution in [1.29, 1.82) is 0 Å². The van der Waals surface area contributed by atoms with Crippen molar-refractivity contribution in [3.63, 3.8) is 0 Å². The standard InChI is InChI=1S/C10H15BrN2OS/c11-7-9-8-12-10(15-9)1-2-13-3-5-14-6-4-13/h8H,1-7H2. The van der Waals surface area contributed by atoms with Crippen LogP contribution in [0.4, 0.5) is 0 Å². The Bertz CT molecular complexity index is 299. The molecule has 1 saturated heterocycles. The summed E-state index contributed by atoms with van der Waals surface area (Å²) in [5.74, 6) is 0. The number of aromatic nitrogens is 1. The van der Waals surface area contributed by atoms with Crippen LogP contribution in [0.15, 0.2) is 6.20 Å². The van der Waals surface area contributed by atoms with Crippen LogP contribution in [0.3, 0.4) is 0 Å². The molecule has 1 aliphatic rings. The number of ether oxygens (including phenoxy) is 1. The Morgan fingerprint density at radius 1 is 1.47 bits per heavy atom. The van der Waals surface area contributed by atoms with E-state index in [0.717, 1.165) is 44.6 Å². The highest BCUT2D eigenvalue weighted by atomic mass is 79.9. The van der Waals surface area contributed by atoms with Crippen LogP contribution in [-0.4, -0.2) is 42.7 Å². The Balaban J connectivity index is 1.76. The predicted molar refractivity (Wildman–Crippen MR) is 65.7 cm³/mol. The Morgan fingerprint density at radius 3 is 2.93 bits per heavy atom. The first-order valence-corrected chi connectivity index (χ1v) is 7.12. The van der Waals surface area contributed by atoms with Gasteiger partial charge in [-0.3, -0.25) is 4.90 Å². The van der Waals surface area contributed by atoms with E-state index in [1.165, 1.54) is 9.88 Å². The summed E-state index contributed by atoms with van der Waals surface area (Å²) < 4.78 is 5.31. The van der Waals surface area contributed by atoms with Gasteiger partial charge in [-0.05, 0) is 0 Å². The van der Waals surface area contributed by atoms with Crippen LogP contribution < -0.4 is 0 Å². The van der Waals surface area contributed by atoms with Crippen molar-refractivity contribution in [1.82, 2.24) is 9.88 Å². The van der Waals surface area contributed by atoms with Crippen molar-refractivity contribution in [2.45, 2.75) is 11.8 Å². The summed E-state index contributed by atoms with van der Waals surface area (Å²) in [6.45, 7) is 5.00. The van der Waals surface area contributed by atoms with Gasteiger partial charge in [0.1, 0.15) is 0 Å². The zero-order valence-electron chi connectivity index (χ0n) is 8.62. The molecular weight excluding hydrogens is 276 g/mol. The molecule has 1 aromatic rings. The summed E-state index contributed by atoms with van der Waals surface area (Å²) in [6, 6.07) is 0. The molecule has 0 atom stereocenters. The normalized spacial score (nSPS) is 18.2. The van der Waals surface area contributed by atoms with E-state index >= 15 is 0 Å². The molecule has 0 spiro atoms. The average molecular weight is 291 g/mol. The summed E-state index contributed by atoms with van der Waals surface area (Å²) in [6.07, 6.45) is 3.03. The van der Waals surface area contributed by atoms with Gasteiger partial charge in [0.05, 0.1) is 18.2 Å². The van der Waals surface area contributed by atoms with Gasteiger partial charge in [-0.15, -0.1) is 11.3 Å². The van der Waals surface area contributed by atoms with Gasteiger partial charge in [-0.2, -0.15) is 0 Å². The first-order chi connectivity index (χ1) is 7.38. The minimum atomic E-state index is 0.879. The smallest absolute Gasteiger partial charge is 0.0940 e. The van der Waals surface area contributed by atoms with Crippen LogP contribution in [0, 0.1) is 0 Å². The van der Waals surface area contributed by atoms with Gasteiger partial charge in [-0.1, -0.05) is 15.9 Å². The van der Waals surface area contributed by atoms with Crippen LogP contribution >= 0.6 is 27.3 Å². The third-order valence-corrected chi connectivity index (χ3v) is 4.51. The molecule has 0 bridgehead atoms.